The zero-order valence-electron chi connectivity index (χ0n) is 11.6. The van der Waals surface area contributed by atoms with Gasteiger partial charge in [0.15, 0.2) is 5.65 Å². The molecule has 21 heavy (non-hydrogen) atoms. The van der Waals surface area contributed by atoms with Crippen LogP contribution in [0.2, 0.25) is 0 Å². The summed E-state index contributed by atoms with van der Waals surface area (Å²) in [6, 6.07) is 10.0. The Balaban J connectivity index is 1.79. The van der Waals surface area contributed by atoms with Crippen LogP contribution in [0, 0.1) is 0 Å². The Hall–Kier alpha value is -2.47. The van der Waals surface area contributed by atoms with Crippen LogP contribution in [0.1, 0.15) is 6.42 Å². The van der Waals surface area contributed by atoms with E-state index in [9.17, 15) is 0 Å². The Morgan fingerprint density at radius 2 is 2.10 bits per heavy atom. The minimum Gasteiger partial charge on any atom is -0.354 e. The summed E-state index contributed by atoms with van der Waals surface area (Å²) in [4.78, 5) is 11.0. The first-order valence-corrected chi connectivity index (χ1v) is 7.08. The van der Waals surface area contributed by atoms with E-state index >= 15 is 0 Å². The molecule has 4 rings (SSSR count). The molecule has 1 atom stereocenters. The van der Waals surface area contributed by atoms with Crippen LogP contribution in [0.5, 0.6) is 0 Å². The third-order valence-electron chi connectivity index (χ3n) is 3.82. The summed E-state index contributed by atoms with van der Waals surface area (Å²) in [5.74, 6) is 0.936. The highest BCUT2D eigenvalue weighted by molar-refractivity contribution is 5.60. The maximum Gasteiger partial charge on any atom is 0.154 e. The van der Waals surface area contributed by atoms with Crippen LogP contribution in [-0.2, 0) is 0 Å². The molecule has 1 saturated heterocycles. The van der Waals surface area contributed by atoms with Gasteiger partial charge in [-0.1, -0.05) is 6.07 Å². The van der Waals surface area contributed by atoms with Gasteiger partial charge in [-0.05, 0) is 30.7 Å². The molecule has 0 bridgehead atoms. The lowest BCUT2D eigenvalue weighted by atomic mass is 10.3. The minimum absolute atomic E-state index is 0.237. The number of anilines is 1. The van der Waals surface area contributed by atoms with Gasteiger partial charge in [-0.2, -0.15) is 0 Å². The molecule has 3 aromatic heterocycles. The summed E-state index contributed by atoms with van der Waals surface area (Å²) in [5.41, 5.74) is 8.57. The maximum absolute atomic E-state index is 5.98. The lowest BCUT2D eigenvalue weighted by molar-refractivity contribution is 0.750. The Morgan fingerprint density at radius 1 is 1.14 bits per heavy atom. The van der Waals surface area contributed by atoms with Gasteiger partial charge in [0.05, 0.1) is 11.9 Å². The van der Waals surface area contributed by atoms with Crippen molar-refractivity contribution in [3.8, 4) is 11.4 Å². The second kappa shape index (κ2) is 4.82. The number of nitrogens with two attached hydrogens (primary N) is 1. The van der Waals surface area contributed by atoms with Crippen LogP contribution in [-0.4, -0.2) is 38.7 Å². The summed E-state index contributed by atoms with van der Waals surface area (Å²) >= 11 is 0. The number of pyridine rings is 1. The molecule has 2 N–H and O–H groups in total. The molecule has 1 fully saturated rings. The Bertz CT molecular complexity index is 766. The van der Waals surface area contributed by atoms with Crippen molar-refractivity contribution >= 4 is 11.5 Å². The molecular formula is C15H16N6. The summed E-state index contributed by atoms with van der Waals surface area (Å²) in [6.07, 6.45) is 4.60. The topological polar surface area (TPSA) is 72.3 Å². The molecule has 6 heteroatoms. The lowest BCUT2D eigenvalue weighted by Gasteiger charge is -2.16. The van der Waals surface area contributed by atoms with Gasteiger partial charge in [0.25, 0.3) is 0 Å². The number of fused-ring (bicyclic) bond motifs is 1. The van der Waals surface area contributed by atoms with Gasteiger partial charge >= 0.3 is 0 Å². The summed E-state index contributed by atoms with van der Waals surface area (Å²) in [7, 11) is 0. The Morgan fingerprint density at radius 3 is 2.86 bits per heavy atom. The van der Waals surface area contributed by atoms with Crippen molar-refractivity contribution in [3.05, 3.63) is 42.7 Å². The van der Waals surface area contributed by atoms with Gasteiger partial charge in [0, 0.05) is 25.3 Å². The zero-order valence-corrected chi connectivity index (χ0v) is 11.6. The van der Waals surface area contributed by atoms with Gasteiger partial charge in [-0.3, -0.25) is 4.98 Å². The summed E-state index contributed by atoms with van der Waals surface area (Å²) in [6.45, 7) is 1.80. The van der Waals surface area contributed by atoms with E-state index < -0.39 is 0 Å². The fourth-order valence-corrected chi connectivity index (χ4v) is 2.72. The standard InChI is InChI=1S/C15H16N6/c16-11-6-8-20(10-11)15-5-4-14-18-9-13(21(14)19-15)12-3-1-2-7-17-12/h1-5,7,9,11H,6,8,10,16H2/t11-/m1/s1. The lowest BCUT2D eigenvalue weighted by Crippen LogP contribution is -2.27. The average Bonchev–Trinajstić information content (AvgIpc) is 3.13. The van der Waals surface area contributed by atoms with E-state index in [0.29, 0.717) is 0 Å². The van der Waals surface area contributed by atoms with Crippen molar-refractivity contribution in [1.29, 1.82) is 0 Å². The van der Waals surface area contributed by atoms with Gasteiger partial charge in [-0.25, -0.2) is 9.50 Å². The molecule has 0 spiro atoms. The second-order valence-corrected chi connectivity index (χ2v) is 5.31. The van der Waals surface area contributed by atoms with E-state index in [0.717, 1.165) is 42.4 Å². The molecule has 3 aromatic rings. The van der Waals surface area contributed by atoms with Crippen molar-refractivity contribution in [2.24, 2.45) is 5.73 Å². The first kappa shape index (κ1) is 12.3. The molecule has 0 unspecified atom stereocenters. The van der Waals surface area contributed by atoms with Gasteiger partial charge in [-0.15, -0.1) is 5.10 Å². The molecule has 0 aromatic carbocycles. The number of rotatable bonds is 2. The molecule has 1 aliphatic rings. The number of aromatic nitrogens is 4. The van der Waals surface area contributed by atoms with Crippen LogP contribution in [0.3, 0.4) is 0 Å². The number of nitrogens with zero attached hydrogens (tertiary/aromatic N) is 5. The molecule has 4 heterocycles. The summed E-state index contributed by atoms with van der Waals surface area (Å²) in [5, 5.41) is 4.71. The highest BCUT2D eigenvalue weighted by Crippen LogP contribution is 2.21. The smallest absolute Gasteiger partial charge is 0.154 e. The molecular weight excluding hydrogens is 264 g/mol. The predicted molar refractivity (Wildman–Crippen MR) is 81.0 cm³/mol. The van der Waals surface area contributed by atoms with E-state index in [2.05, 4.69) is 14.9 Å². The fourth-order valence-electron chi connectivity index (χ4n) is 2.72. The highest BCUT2D eigenvalue weighted by Gasteiger charge is 2.21. The monoisotopic (exact) mass is 280 g/mol. The van der Waals surface area contributed by atoms with E-state index in [1.165, 1.54) is 0 Å². The third kappa shape index (κ3) is 2.13. The highest BCUT2D eigenvalue weighted by atomic mass is 15.3. The zero-order chi connectivity index (χ0) is 14.2. The van der Waals surface area contributed by atoms with Gasteiger partial charge in [0.1, 0.15) is 11.5 Å². The fraction of sp³-hybridized carbons (Fsp3) is 0.267. The van der Waals surface area contributed by atoms with E-state index in [4.69, 9.17) is 10.8 Å². The first-order valence-electron chi connectivity index (χ1n) is 7.08. The van der Waals surface area contributed by atoms with Gasteiger partial charge in [0.2, 0.25) is 0 Å². The van der Waals surface area contributed by atoms with Crippen LogP contribution in [0.4, 0.5) is 5.82 Å². The van der Waals surface area contributed by atoms with Crippen molar-refractivity contribution in [1.82, 2.24) is 19.6 Å². The molecule has 0 aliphatic carbocycles. The SMILES string of the molecule is N[C@@H]1CCN(c2ccc3ncc(-c4ccccn4)n3n2)C1. The molecule has 106 valence electrons. The van der Waals surface area contributed by atoms with E-state index in [1.54, 1.807) is 6.20 Å². The Labute approximate surface area is 122 Å². The van der Waals surface area contributed by atoms with Crippen LogP contribution in [0.15, 0.2) is 42.7 Å². The first-order chi connectivity index (χ1) is 10.3. The average molecular weight is 280 g/mol. The van der Waals surface area contributed by atoms with Crippen LogP contribution >= 0.6 is 0 Å². The van der Waals surface area contributed by atoms with E-state index in [-0.39, 0.29) is 6.04 Å². The molecule has 0 saturated carbocycles. The molecule has 1 aliphatic heterocycles. The molecule has 0 radical (unpaired) electrons. The molecule has 0 amide bonds. The Kier molecular flexibility index (Phi) is 2.82. The van der Waals surface area contributed by atoms with Crippen molar-refractivity contribution < 1.29 is 0 Å². The largest absolute Gasteiger partial charge is 0.354 e. The van der Waals surface area contributed by atoms with E-state index in [1.807, 2.05) is 41.0 Å². The quantitative estimate of drug-likeness (QED) is 0.766. The van der Waals surface area contributed by atoms with Crippen molar-refractivity contribution in [2.75, 3.05) is 18.0 Å². The van der Waals surface area contributed by atoms with Crippen molar-refractivity contribution in [2.45, 2.75) is 12.5 Å². The van der Waals surface area contributed by atoms with Crippen LogP contribution < -0.4 is 10.6 Å². The molecule has 6 nitrogen and oxygen atoms in total. The maximum atomic E-state index is 5.98. The summed E-state index contributed by atoms with van der Waals surface area (Å²) < 4.78 is 1.85. The predicted octanol–water partition coefficient (Wildman–Crippen LogP) is 1.33. The van der Waals surface area contributed by atoms with Crippen LogP contribution in [0.25, 0.3) is 17.0 Å². The minimum atomic E-state index is 0.237. The van der Waals surface area contributed by atoms with Gasteiger partial charge < -0.3 is 10.6 Å². The number of hydrogen-bond donors (Lipinski definition) is 1. The van der Waals surface area contributed by atoms with Crippen molar-refractivity contribution in [3.63, 3.8) is 0 Å². The number of hydrogen-bond acceptors (Lipinski definition) is 5. The third-order valence-corrected chi connectivity index (χ3v) is 3.82. The normalized spacial score (nSPS) is 18.5. The number of imidazole rings is 1. The second-order valence-electron chi connectivity index (χ2n) is 5.31.